The first-order valence-corrected chi connectivity index (χ1v) is 1.22. The van der Waals surface area contributed by atoms with E-state index in [1.807, 2.05) is 0 Å². The van der Waals surface area contributed by atoms with Crippen molar-refractivity contribution in [2.45, 2.75) is 0 Å². The Morgan fingerprint density at radius 3 is 2.67 bits per heavy atom. The van der Waals surface area contributed by atoms with Crippen molar-refractivity contribution in [1.29, 1.82) is 0 Å². The van der Waals surface area contributed by atoms with E-state index >= 15 is 0 Å². The minimum Gasteiger partial charge on any atom is -0.265 e. The van der Waals surface area contributed by atoms with Gasteiger partial charge < -0.3 is 0 Å². The summed E-state index contributed by atoms with van der Waals surface area (Å²) in [6, 6.07) is 0. The molecule has 0 fully saturated rings. The molecule has 0 saturated carbocycles. The molecular weight excluding hydrogens is 131 g/mol. The predicted octanol–water partition coefficient (Wildman–Crippen LogP) is -0.398. The molecule has 0 bridgehead atoms. The molecule has 0 aliphatic heterocycles. The van der Waals surface area contributed by atoms with Gasteiger partial charge in [0.15, 0.2) is 0 Å². The Labute approximate surface area is 47.9 Å². The first kappa shape index (κ1) is 5.76. The molecule has 6 heavy (non-hydrogen) atoms. The summed E-state index contributed by atoms with van der Waals surface area (Å²) in [4.78, 5) is 0. The number of hydrogen-bond donors (Lipinski definition) is 1. The fourth-order valence-electron chi connectivity index (χ4n) is 0.144. The summed E-state index contributed by atoms with van der Waals surface area (Å²) in [6.07, 6.45) is 3.97. The fourth-order valence-corrected chi connectivity index (χ4v) is 0.144. The van der Waals surface area contributed by atoms with Gasteiger partial charge in [-0.2, -0.15) is 0 Å². The summed E-state index contributed by atoms with van der Waals surface area (Å²) in [5.41, 5.74) is 0. The summed E-state index contributed by atoms with van der Waals surface area (Å²) in [5.74, 6) is 0. The SMILES string of the molecule is [Zn].[c]1c[nH]nn1. The van der Waals surface area contributed by atoms with Crippen LogP contribution in [-0.4, -0.2) is 15.4 Å². The molecule has 0 spiro atoms. The van der Waals surface area contributed by atoms with Crippen molar-refractivity contribution in [3.63, 3.8) is 0 Å². The van der Waals surface area contributed by atoms with Crippen molar-refractivity contribution < 1.29 is 19.5 Å². The van der Waals surface area contributed by atoms with Crippen LogP contribution in [0.4, 0.5) is 0 Å². The minimum atomic E-state index is 0. The number of nitrogens with zero attached hydrogens (tertiary/aromatic N) is 2. The molecule has 0 amide bonds. The Morgan fingerprint density at radius 1 is 1.67 bits per heavy atom. The molecule has 1 aromatic rings. The third-order valence-electron chi connectivity index (χ3n) is 0.295. The monoisotopic (exact) mass is 132 g/mol. The number of nitrogens with one attached hydrogen (secondary N) is 1. The van der Waals surface area contributed by atoms with E-state index in [0.717, 1.165) is 0 Å². The topological polar surface area (TPSA) is 41.6 Å². The van der Waals surface area contributed by atoms with Crippen molar-refractivity contribution in [3.8, 4) is 0 Å². The van der Waals surface area contributed by atoms with Crippen LogP contribution in [0.1, 0.15) is 0 Å². The van der Waals surface area contributed by atoms with Gasteiger partial charge in [0.05, 0.1) is 6.20 Å². The molecule has 0 aliphatic rings. The maximum atomic E-state index is 3.29. The zero-order chi connectivity index (χ0) is 3.54. The zero-order valence-electron chi connectivity index (χ0n) is 3.18. The van der Waals surface area contributed by atoms with Crippen LogP contribution >= 0.6 is 0 Å². The van der Waals surface area contributed by atoms with Crippen molar-refractivity contribution >= 4 is 0 Å². The predicted molar refractivity (Wildman–Crippen MR) is 15.2 cm³/mol. The summed E-state index contributed by atoms with van der Waals surface area (Å²) < 4.78 is 0. The van der Waals surface area contributed by atoms with E-state index in [4.69, 9.17) is 0 Å². The van der Waals surface area contributed by atoms with Gasteiger partial charge in [-0.1, -0.05) is 5.21 Å². The van der Waals surface area contributed by atoms with Crippen LogP contribution < -0.4 is 0 Å². The number of aromatic amines is 1. The first-order chi connectivity index (χ1) is 2.50. The maximum Gasteiger partial charge on any atom is 0.134 e. The van der Waals surface area contributed by atoms with E-state index in [9.17, 15) is 0 Å². The van der Waals surface area contributed by atoms with Gasteiger partial charge in [0.1, 0.15) is 6.20 Å². The molecule has 0 atom stereocenters. The third kappa shape index (κ3) is 1.27. The molecule has 0 aromatic carbocycles. The maximum absolute atomic E-state index is 3.29. The molecule has 1 heterocycles. The second kappa shape index (κ2) is 2.97. The Bertz CT molecular complexity index is 65.3. The molecule has 3 nitrogen and oxygen atoms in total. The second-order valence-electron chi connectivity index (χ2n) is 0.603. The van der Waals surface area contributed by atoms with E-state index in [1.54, 1.807) is 0 Å². The van der Waals surface area contributed by atoms with E-state index in [0.29, 0.717) is 0 Å². The molecule has 0 aliphatic carbocycles. The first-order valence-electron chi connectivity index (χ1n) is 1.22. The van der Waals surface area contributed by atoms with Gasteiger partial charge in [-0.25, -0.2) is 0 Å². The smallest absolute Gasteiger partial charge is 0.134 e. The van der Waals surface area contributed by atoms with Crippen LogP contribution in [0.15, 0.2) is 6.20 Å². The largest absolute Gasteiger partial charge is 0.265 e. The third-order valence-corrected chi connectivity index (χ3v) is 0.295. The molecular formula is C2H2N3Zn. The summed E-state index contributed by atoms with van der Waals surface area (Å²) in [5, 5.41) is 9.03. The fraction of sp³-hybridized carbons (Fsp3) is 0. The van der Waals surface area contributed by atoms with Crippen molar-refractivity contribution in [1.82, 2.24) is 15.4 Å². The van der Waals surface area contributed by atoms with Crippen LogP contribution in [-0.2, 0) is 19.5 Å². The zero-order valence-corrected chi connectivity index (χ0v) is 6.15. The van der Waals surface area contributed by atoms with Gasteiger partial charge in [0.25, 0.3) is 0 Å². The van der Waals surface area contributed by atoms with Crippen LogP contribution in [0.3, 0.4) is 0 Å². The van der Waals surface area contributed by atoms with Crippen molar-refractivity contribution in [2.75, 3.05) is 0 Å². The van der Waals surface area contributed by atoms with E-state index in [-0.39, 0.29) is 19.5 Å². The summed E-state index contributed by atoms with van der Waals surface area (Å²) in [6.45, 7) is 0. The van der Waals surface area contributed by atoms with Crippen LogP contribution in [0.25, 0.3) is 0 Å². The number of hydrogen-bond acceptors (Lipinski definition) is 2. The molecule has 27 valence electrons. The van der Waals surface area contributed by atoms with Gasteiger partial charge >= 0.3 is 0 Å². The summed E-state index contributed by atoms with van der Waals surface area (Å²) >= 11 is 0. The molecule has 1 radical (unpaired) electrons. The molecule has 0 saturated heterocycles. The van der Waals surface area contributed by atoms with Gasteiger partial charge in [-0.05, 0) is 0 Å². The molecule has 1 aromatic heterocycles. The van der Waals surface area contributed by atoms with E-state index in [1.165, 1.54) is 6.20 Å². The Hall–Kier alpha value is -0.237. The average Bonchev–Trinajstić information content (AvgIpc) is 1.76. The van der Waals surface area contributed by atoms with Crippen LogP contribution in [0, 0.1) is 6.20 Å². The molecule has 4 heteroatoms. The van der Waals surface area contributed by atoms with Crippen molar-refractivity contribution in [2.24, 2.45) is 0 Å². The molecule has 0 unspecified atom stereocenters. The Balaban J connectivity index is 0.000000250. The van der Waals surface area contributed by atoms with Gasteiger partial charge in [0.2, 0.25) is 0 Å². The Kier molecular flexibility index (Phi) is 2.86. The second-order valence-corrected chi connectivity index (χ2v) is 0.603. The number of H-pyrrole nitrogens is 1. The van der Waals surface area contributed by atoms with Gasteiger partial charge in [-0.15, -0.1) is 5.10 Å². The van der Waals surface area contributed by atoms with Gasteiger partial charge in [0, 0.05) is 19.5 Å². The standard InChI is InChI=1S/C2H2N3.Zn/c1-2-4-5-3-1;/h1H,(H,3,4,5);. The van der Waals surface area contributed by atoms with E-state index < -0.39 is 0 Å². The van der Waals surface area contributed by atoms with Gasteiger partial charge in [-0.3, -0.25) is 5.10 Å². The minimum absolute atomic E-state index is 0. The molecule has 1 N–H and O–H groups in total. The van der Waals surface area contributed by atoms with Crippen LogP contribution in [0.5, 0.6) is 0 Å². The quantitative estimate of drug-likeness (QED) is 0.490. The van der Waals surface area contributed by atoms with Crippen molar-refractivity contribution in [3.05, 3.63) is 12.4 Å². The Morgan fingerprint density at radius 2 is 2.50 bits per heavy atom. The van der Waals surface area contributed by atoms with Crippen LogP contribution in [0.2, 0.25) is 0 Å². The van der Waals surface area contributed by atoms with E-state index in [2.05, 4.69) is 21.6 Å². The molecule has 1 rings (SSSR count). The normalized spacial score (nSPS) is 6.67. The number of rotatable bonds is 0. The average molecular weight is 133 g/mol. The summed E-state index contributed by atoms with van der Waals surface area (Å²) in [7, 11) is 0. The number of aromatic nitrogens is 3.